The third-order valence-electron chi connectivity index (χ3n) is 2.86. The summed E-state index contributed by atoms with van der Waals surface area (Å²) in [7, 11) is 0. The summed E-state index contributed by atoms with van der Waals surface area (Å²) in [5, 5.41) is 0. The Balaban J connectivity index is 1.79. The smallest absolute Gasteiger partial charge is 0.276 e. The van der Waals surface area contributed by atoms with Gasteiger partial charge in [0, 0.05) is 10.5 Å². The average molecular weight is 334 g/mol. The zero-order valence-electron chi connectivity index (χ0n) is 12.3. The van der Waals surface area contributed by atoms with Crippen LogP contribution in [0, 0.1) is 5.82 Å². The number of hydrogen-bond donors (Lipinski definition) is 2. The monoisotopic (exact) mass is 334 g/mol. The standard InChI is InChI=1S/C16H15FN2O3S/c1-23-12-8-6-11(7-9-12)16(21)19-18-15(20)10-22-14-5-3-2-4-13(14)17/h2-9H,10H2,1H3,(H,18,20)(H,19,21). The van der Waals surface area contributed by atoms with E-state index in [0.29, 0.717) is 5.56 Å². The fourth-order valence-electron chi connectivity index (χ4n) is 1.68. The van der Waals surface area contributed by atoms with Crippen molar-refractivity contribution in [3.05, 3.63) is 59.9 Å². The minimum atomic E-state index is -0.595. The quantitative estimate of drug-likeness (QED) is 0.651. The highest BCUT2D eigenvalue weighted by molar-refractivity contribution is 7.98. The fraction of sp³-hybridized carbons (Fsp3) is 0.125. The van der Waals surface area contributed by atoms with Crippen LogP contribution >= 0.6 is 11.8 Å². The Labute approximate surface area is 137 Å². The van der Waals surface area contributed by atoms with Gasteiger partial charge in [-0.2, -0.15) is 0 Å². The molecule has 0 atom stereocenters. The van der Waals surface area contributed by atoms with Gasteiger partial charge in [-0.25, -0.2) is 4.39 Å². The van der Waals surface area contributed by atoms with Gasteiger partial charge >= 0.3 is 0 Å². The number of rotatable bonds is 5. The number of carbonyl (C=O) groups excluding carboxylic acids is 2. The van der Waals surface area contributed by atoms with Gasteiger partial charge in [0.1, 0.15) is 0 Å². The summed E-state index contributed by atoms with van der Waals surface area (Å²) in [6.07, 6.45) is 1.94. The van der Waals surface area contributed by atoms with Crippen molar-refractivity contribution in [1.29, 1.82) is 0 Å². The second-order valence-electron chi connectivity index (χ2n) is 4.45. The number of thioether (sulfide) groups is 1. The van der Waals surface area contributed by atoms with E-state index in [9.17, 15) is 14.0 Å². The summed E-state index contributed by atoms with van der Waals surface area (Å²) in [5.74, 6) is -1.63. The van der Waals surface area contributed by atoms with Crippen molar-refractivity contribution in [3.8, 4) is 5.75 Å². The Morgan fingerprint density at radius 1 is 1.09 bits per heavy atom. The molecule has 0 saturated heterocycles. The van der Waals surface area contributed by atoms with E-state index in [1.54, 1.807) is 30.0 Å². The SMILES string of the molecule is CSc1ccc(C(=O)NNC(=O)COc2ccccc2F)cc1. The first-order valence-corrected chi connectivity index (χ1v) is 7.93. The van der Waals surface area contributed by atoms with Crippen LogP contribution in [0.15, 0.2) is 53.4 Å². The fourth-order valence-corrected chi connectivity index (χ4v) is 2.09. The van der Waals surface area contributed by atoms with Gasteiger partial charge in [-0.15, -0.1) is 11.8 Å². The van der Waals surface area contributed by atoms with E-state index < -0.39 is 24.2 Å². The molecule has 0 saturated carbocycles. The van der Waals surface area contributed by atoms with Gasteiger partial charge in [-0.05, 0) is 42.7 Å². The molecule has 5 nitrogen and oxygen atoms in total. The number of hydrogen-bond acceptors (Lipinski definition) is 4. The second-order valence-corrected chi connectivity index (χ2v) is 5.33. The van der Waals surface area contributed by atoms with Crippen LogP contribution in [-0.2, 0) is 4.79 Å². The molecule has 0 radical (unpaired) electrons. The van der Waals surface area contributed by atoms with E-state index in [1.165, 1.54) is 18.2 Å². The van der Waals surface area contributed by atoms with Crippen LogP contribution in [0.2, 0.25) is 0 Å². The molecular weight excluding hydrogens is 319 g/mol. The molecule has 120 valence electrons. The number of nitrogens with one attached hydrogen (secondary N) is 2. The Bertz CT molecular complexity index is 692. The van der Waals surface area contributed by atoms with Crippen molar-refractivity contribution in [2.75, 3.05) is 12.9 Å². The number of amides is 2. The summed E-state index contributed by atoms with van der Waals surface area (Å²) >= 11 is 1.56. The molecule has 0 aliphatic carbocycles. The predicted molar refractivity (Wildman–Crippen MR) is 85.7 cm³/mol. The highest BCUT2D eigenvalue weighted by atomic mass is 32.2. The lowest BCUT2D eigenvalue weighted by atomic mass is 10.2. The molecular formula is C16H15FN2O3S. The van der Waals surface area contributed by atoms with E-state index in [-0.39, 0.29) is 5.75 Å². The minimum absolute atomic E-state index is 0.0263. The first-order valence-electron chi connectivity index (χ1n) is 6.70. The first kappa shape index (κ1) is 16.8. The number of carbonyl (C=O) groups is 2. The molecule has 2 rings (SSSR count). The maximum Gasteiger partial charge on any atom is 0.276 e. The summed E-state index contributed by atoms with van der Waals surface area (Å²) in [6.45, 7) is -0.410. The van der Waals surface area contributed by atoms with Gasteiger partial charge in [0.15, 0.2) is 18.2 Å². The van der Waals surface area contributed by atoms with E-state index in [2.05, 4.69) is 10.9 Å². The summed E-state index contributed by atoms with van der Waals surface area (Å²) in [6, 6.07) is 12.7. The Hall–Kier alpha value is -2.54. The molecule has 0 unspecified atom stereocenters. The highest BCUT2D eigenvalue weighted by Crippen LogP contribution is 2.15. The maximum absolute atomic E-state index is 13.3. The minimum Gasteiger partial charge on any atom is -0.481 e. The number of benzene rings is 2. The molecule has 0 aliphatic rings. The van der Waals surface area contributed by atoms with E-state index >= 15 is 0 Å². The van der Waals surface area contributed by atoms with Gasteiger partial charge in [-0.3, -0.25) is 20.4 Å². The van der Waals surface area contributed by atoms with Crippen LogP contribution in [0.25, 0.3) is 0 Å². The number of hydrazine groups is 1. The molecule has 2 amide bonds. The van der Waals surface area contributed by atoms with Gasteiger partial charge in [0.25, 0.3) is 11.8 Å². The molecule has 0 heterocycles. The van der Waals surface area contributed by atoms with Gasteiger partial charge in [0.05, 0.1) is 0 Å². The molecule has 2 aromatic carbocycles. The number of para-hydroxylation sites is 1. The molecule has 0 aromatic heterocycles. The number of ether oxygens (including phenoxy) is 1. The Morgan fingerprint density at radius 2 is 1.78 bits per heavy atom. The highest BCUT2D eigenvalue weighted by Gasteiger charge is 2.09. The summed E-state index contributed by atoms with van der Waals surface area (Å²) in [5.41, 5.74) is 4.89. The van der Waals surface area contributed by atoms with Crippen molar-refractivity contribution in [3.63, 3.8) is 0 Å². The lowest BCUT2D eigenvalue weighted by molar-refractivity contribution is -0.123. The van der Waals surface area contributed by atoms with Gasteiger partial charge in [-0.1, -0.05) is 12.1 Å². The van der Waals surface area contributed by atoms with Crippen LogP contribution < -0.4 is 15.6 Å². The first-order chi connectivity index (χ1) is 11.1. The van der Waals surface area contributed by atoms with Gasteiger partial charge < -0.3 is 4.74 Å². The largest absolute Gasteiger partial charge is 0.481 e. The molecule has 0 spiro atoms. The van der Waals surface area contributed by atoms with Crippen LogP contribution in [0.3, 0.4) is 0 Å². The van der Waals surface area contributed by atoms with Crippen LogP contribution in [0.4, 0.5) is 4.39 Å². The maximum atomic E-state index is 13.3. The van der Waals surface area contributed by atoms with E-state index in [0.717, 1.165) is 4.90 Å². The van der Waals surface area contributed by atoms with Crippen LogP contribution in [0.5, 0.6) is 5.75 Å². The van der Waals surface area contributed by atoms with Crippen molar-refractivity contribution in [1.82, 2.24) is 10.9 Å². The molecule has 2 aromatic rings. The molecule has 0 bridgehead atoms. The van der Waals surface area contributed by atoms with E-state index in [4.69, 9.17) is 4.74 Å². The molecule has 2 N–H and O–H groups in total. The van der Waals surface area contributed by atoms with Gasteiger partial charge in [0.2, 0.25) is 0 Å². The topological polar surface area (TPSA) is 67.4 Å². The Kier molecular flexibility index (Phi) is 5.99. The van der Waals surface area contributed by atoms with Crippen molar-refractivity contribution in [2.24, 2.45) is 0 Å². The lowest BCUT2D eigenvalue weighted by Crippen LogP contribution is -2.43. The van der Waals surface area contributed by atoms with E-state index in [1.807, 2.05) is 18.4 Å². The zero-order chi connectivity index (χ0) is 16.7. The van der Waals surface area contributed by atoms with Crippen molar-refractivity contribution >= 4 is 23.6 Å². The third kappa shape index (κ3) is 5.00. The Morgan fingerprint density at radius 3 is 2.43 bits per heavy atom. The predicted octanol–water partition coefficient (Wildman–Crippen LogP) is 2.39. The summed E-state index contributed by atoms with van der Waals surface area (Å²) in [4.78, 5) is 24.5. The van der Waals surface area contributed by atoms with Crippen LogP contribution in [0.1, 0.15) is 10.4 Å². The number of halogens is 1. The zero-order valence-corrected chi connectivity index (χ0v) is 13.2. The summed E-state index contributed by atoms with van der Waals surface area (Å²) < 4.78 is 18.3. The molecule has 7 heteroatoms. The molecule has 23 heavy (non-hydrogen) atoms. The van der Waals surface area contributed by atoms with Crippen molar-refractivity contribution in [2.45, 2.75) is 4.90 Å². The third-order valence-corrected chi connectivity index (χ3v) is 3.61. The molecule has 0 aliphatic heterocycles. The molecule has 0 fully saturated rings. The normalized spacial score (nSPS) is 10.0. The van der Waals surface area contributed by atoms with Crippen molar-refractivity contribution < 1.29 is 18.7 Å². The second kappa shape index (κ2) is 8.19. The average Bonchev–Trinajstić information content (AvgIpc) is 2.59. The lowest BCUT2D eigenvalue weighted by Gasteiger charge is -2.09. The van der Waals surface area contributed by atoms with Crippen LogP contribution in [-0.4, -0.2) is 24.7 Å².